The Balaban J connectivity index is 1.45. The number of methoxy groups -OCH3 is 1. The molecule has 0 aliphatic carbocycles. The molecule has 0 bridgehead atoms. The van der Waals surface area contributed by atoms with E-state index in [1.807, 2.05) is 77.3 Å². The number of para-hydroxylation sites is 1. The first-order valence-corrected chi connectivity index (χ1v) is 11.3. The Morgan fingerprint density at radius 2 is 1.75 bits per heavy atom. The number of carbonyl (C=O) groups is 1. The molecule has 8 heteroatoms. The van der Waals surface area contributed by atoms with Crippen molar-refractivity contribution in [2.45, 2.75) is 0 Å². The zero-order valence-electron chi connectivity index (χ0n) is 17.7. The molecule has 0 spiro atoms. The van der Waals surface area contributed by atoms with E-state index in [-0.39, 0.29) is 5.91 Å². The van der Waals surface area contributed by atoms with Gasteiger partial charge in [0.05, 0.1) is 18.4 Å². The van der Waals surface area contributed by atoms with E-state index in [4.69, 9.17) is 9.84 Å². The predicted molar refractivity (Wildman–Crippen MR) is 126 cm³/mol. The summed E-state index contributed by atoms with van der Waals surface area (Å²) in [5, 5.41) is 7.77. The Morgan fingerprint density at radius 3 is 2.41 bits per heavy atom. The van der Waals surface area contributed by atoms with E-state index in [9.17, 15) is 4.79 Å². The normalized spacial score (nSPS) is 13.9. The van der Waals surface area contributed by atoms with Crippen LogP contribution in [-0.4, -0.2) is 58.9 Å². The fraction of sp³-hybridized carbons (Fsp3) is 0.208. The number of hydrogen-bond donors (Lipinski definition) is 0. The van der Waals surface area contributed by atoms with Gasteiger partial charge in [-0.05, 0) is 36.4 Å². The van der Waals surface area contributed by atoms with Crippen LogP contribution in [0.25, 0.3) is 16.9 Å². The number of hydrogen-bond acceptors (Lipinski definition) is 6. The van der Waals surface area contributed by atoms with Crippen LogP contribution in [0.3, 0.4) is 0 Å². The van der Waals surface area contributed by atoms with Gasteiger partial charge in [-0.2, -0.15) is 5.10 Å². The highest BCUT2D eigenvalue weighted by molar-refractivity contribution is 7.13. The van der Waals surface area contributed by atoms with Gasteiger partial charge in [0.15, 0.2) is 5.13 Å². The first kappa shape index (κ1) is 20.3. The second-order valence-electron chi connectivity index (χ2n) is 7.49. The number of benzene rings is 2. The van der Waals surface area contributed by atoms with Gasteiger partial charge in [-0.15, -0.1) is 11.3 Å². The summed E-state index contributed by atoms with van der Waals surface area (Å²) in [6, 6.07) is 17.5. The number of aromatic nitrogens is 3. The maximum Gasteiger partial charge on any atom is 0.257 e. The molecule has 1 amide bonds. The molecule has 32 heavy (non-hydrogen) atoms. The van der Waals surface area contributed by atoms with Crippen LogP contribution < -0.4 is 9.64 Å². The number of amides is 1. The van der Waals surface area contributed by atoms with E-state index in [0.29, 0.717) is 24.3 Å². The van der Waals surface area contributed by atoms with Gasteiger partial charge >= 0.3 is 0 Å². The smallest absolute Gasteiger partial charge is 0.257 e. The summed E-state index contributed by atoms with van der Waals surface area (Å²) in [4.78, 5) is 22.1. The number of anilines is 1. The molecule has 1 fully saturated rings. The van der Waals surface area contributed by atoms with Gasteiger partial charge in [-0.1, -0.05) is 18.2 Å². The summed E-state index contributed by atoms with van der Waals surface area (Å²) >= 11 is 1.63. The predicted octanol–water partition coefficient (Wildman–Crippen LogP) is 3.97. The van der Waals surface area contributed by atoms with Crippen LogP contribution in [0.4, 0.5) is 5.13 Å². The lowest BCUT2D eigenvalue weighted by Crippen LogP contribution is -2.48. The van der Waals surface area contributed by atoms with Crippen molar-refractivity contribution < 1.29 is 9.53 Å². The summed E-state index contributed by atoms with van der Waals surface area (Å²) in [5.41, 5.74) is 3.06. The summed E-state index contributed by atoms with van der Waals surface area (Å²) < 4.78 is 7.06. The molecule has 1 saturated heterocycles. The van der Waals surface area contributed by atoms with Gasteiger partial charge in [0.2, 0.25) is 0 Å². The molecule has 0 atom stereocenters. The lowest BCUT2D eigenvalue weighted by Gasteiger charge is -2.34. The van der Waals surface area contributed by atoms with Gasteiger partial charge in [-0.25, -0.2) is 9.67 Å². The van der Waals surface area contributed by atoms with Crippen molar-refractivity contribution in [1.29, 1.82) is 0 Å². The zero-order valence-corrected chi connectivity index (χ0v) is 18.5. The molecule has 4 aromatic rings. The Labute approximate surface area is 190 Å². The second kappa shape index (κ2) is 8.84. The standard InChI is InChI=1S/C24H23N5O2S/c1-31-20-9-7-18(8-10-20)22-21(17-29(26-22)19-5-3-2-4-6-19)23(30)27-12-14-28(15-13-27)24-25-11-16-32-24/h2-11,16-17H,12-15H2,1H3. The average molecular weight is 446 g/mol. The lowest BCUT2D eigenvalue weighted by atomic mass is 10.1. The number of piperazine rings is 1. The minimum Gasteiger partial charge on any atom is -0.497 e. The molecular formula is C24H23N5O2S. The van der Waals surface area contributed by atoms with Gasteiger partial charge in [0.1, 0.15) is 11.4 Å². The maximum absolute atomic E-state index is 13.6. The molecule has 2 aromatic heterocycles. The van der Waals surface area contributed by atoms with Gasteiger partial charge in [-0.3, -0.25) is 4.79 Å². The molecule has 162 valence electrons. The van der Waals surface area contributed by atoms with E-state index in [0.717, 1.165) is 35.2 Å². The van der Waals surface area contributed by atoms with Crippen molar-refractivity contribution in [1.82, 2.24) is 19.7 Å². The fourth-order valence-corrected chi connectivity index (χ4v) is 4.55. The van der Waals surface area contributed by atoms with Crippen LogP contribution in [0.1, 0.15) is 10.4 Å². The molecule has 2 aromatic carbocycles. The molecule has 1 aliphatic rings. The summed E-state index contributed by atoms with van der Waals surface area (Å²) in [6.07, 6.45) is 3.65. The Bertz CT molecular complexity index is 1180. The summed E-state index contributed by atoms with van der Waals surface area (Å²) in [6.45, 7) is 2.84. The Kier molecular flexibility index (Phi) is 5.60. The molecule has 3 heterocycles. The minimum atomic E-state index is -0.00297. The van der Waals surface area contributed by atoms with Crippen LogP contribution in [0.2, 0.25) is 0 Å². The lowest BCUT2D eigenvalue weighted by molar-refractivity contribution is 0.0747. The largest absolute Gasteiger partial charge is 0.497 e. The summed E-state index contributed by atoms with van der Waals surface area (Å²) in [7, 11) is 1.64. The van der Waals surface area contributed by atoms with Crippen LogP contribution >= 0.6 is 11.3 Å². The molecule has 1 aliphatic heterocycles. The van der Waals surface area contributed by atoms with Crippen molar-refractivity contribution in [2.75, 3.05) is 38.2 Å². The van der Waals surface area contributed by atoms with Crippen LogP contribution in [0.15, 0.2) is 72.4 Å². The molecule has 0 saturated carbocycles. The monoisotopic (exact) mass is 445 g/mol. The third-order valence-electron chi connectivity index (χ3n) is 5.59. The molecule has 0 radical (unpaired) electrons. The number of carbonyl (C=O) groups excluding carboxylic acids is 1. The van der Waals surface area contributed by atoms with E-state index in [1.165, 1.54) is 0 Å². The summed E-state index contributed by atoms with van der Waals surface area (Å²) in [5.74, 6) is 0.763. The van der Waals surface area contributed by atoms with Crippen molar-refractivity contribution in [3.8, 4) is 22.7 Å². The highest BCUT2D eigenvalue weighted by atomic mass is 32.1. The van der Waals surface area contributed by atoms with Gasteiger partial charge in [0, 0.05) is 49.5 Å². The first-order valence-electron chi connectivity index (χ1n) is 10.5. The number of nitrogens with zero attached hydrogens (tertiary/aromatic N) is 5. The first-order chi connectivity index (χ1) is 15.7. The van der Waals surface area contributed by atoms with Gasteiger partial charge in [0.25, 0.3) is 5.91 Å². The third kappa shape index (κ3) is 3.97. The fourth-order valence-electron chi connectivity index (χ4n) is 3.85. The van der Waals surface area contributed by atoms with Crippen molar-refractivity contribution in [3.05, 3.63) is 77.9 Å². The highest BCUT2D eigenvalue weighted by Gasteiger charge is 2.27. The highest BCUT2D eigenvalue weighted by Crippen LogP contribution is 2.28. The van der Waals surface area contributed by atoms with E-state index in [1.54, 1.807) is 23.1 Å². The maximum atomic E-state index is 13.6. The zero-order chi connectivity index (χ0) is 21.9. The topological polar surface area (TPSA) is 63.5 Å². The molecule has 7 nitrogen and oxygen atoms in total. The molecule has 0 unspecified atom stereocenters. The van der Waals surface area contributed by atoms with E-state index < -0.39 is 0 Å². The molecule has 0 N–H and O–H groups in total. The minimum absolute atomic E-state index is 0.00297. The van der Waals surface area contributed by atoms with Crippen molar-refractivity contribution >= 4 is 22.4 Å². The molecular weight excluding hydrogens is 422 g/mol. The third-order valence-corrected chi connectivity index (χ3v) is 6.42. The van der Waals surface area contributed by atoms with Gasteiger partial charge < -0.3 is 14.5 Å². The number of thiazole rings is 1. The van der Waals surface area contributed by atoms with E-state index in [2.05, 4.69) is 9.88 Å². The second-order valence-corrected chi connectivity index (χ2v) is 8.37. The van der Waals surface area contributed by atoms with Crippen LogP contribution in [0.5, 0.6) is 5.75 Å². The number of rotatable bonds is 5. The van der Waals surface area contributed by atoms with Crippen molar-refractivity contribution in [3.63, 3.8) is 0 Å². The molecule has 5 rings (SSSR count). The van der Waals surface area contributed by atoms with E-state index >= 15 is 0 Å². The number of ether oxygens (including phenoxy) is 1. The van der Waals surface area contributed by atoms with Crippen molar-refractivity contribution in [2.24, 2.45) is 0 Å². The Hall–Kier alpha value is -3.65. The Morgan fingerprint density at radius 1 is 1.00 bits per heavy atom. The average Bonchev–Trinajstić information content (AvgIpc) is 3.55. The SMILES string of the molecule is COc1ccc(-c2nn(-c3ccccc3)cc2C(=O)N2CCN(c3nccs3)CC2)cc1. The van der Waals surface area contributed by atoms with Crippen LogP contribution in [0, 0.1) is 0 Å². The van der Waals surface area contributed by atoms with Crippen LogP contribution in [-0.2, 0) is 0 Å². The quantitative estimate of drug-likeness (QED) is 0.465.